The molecule has 2 heterocycles. The van der Waals surface area contributed by atoms with Gasteiger partial charge in [0.25, 0.3) is 0 Å². The van der Waals surface area contributed by atoms with Gasteiger partial charge in [-0.25, -0.2) is 4.68 Å². The maximum atomic E-state index is 13.2. The Labute approximate surface area is 170 Å². The number of nitrogens with one attached hydrogen (secondary N) is 1. The highest BCUT2D eigenvalue weighted by Gasteiger charge is 2.31. The molecular weight excluding hydrogens is 410 g/mol. The lowest BCUT2D eigenvalue weighted by Gasteiger charge is -2.10. The van der Waals surface area contributed by atoms with Crippen LogP contribution in [0.1, 0.15) is 24.0 Å². The first-order valence-electron chi connectivity index (χ1n) is 8.83. The van der Waals surface area contributed by atoms with E-state index in [1.807, 2.05) is 0 Å². The fraction of sp³-hybridized carbons (Fsp3) is 0.250. The molecule has 0 spiro atoms. The summed E-state index contributed by atoms with van der Waals surface area (Å²) < 4.78 is 41.2. The van der Waals surface area contributed by atoms with E-state index in [4.69, 9.17) is 23.2 Å². The van der Waals surface area contributed by atoms with Crippen LogP contribution in [0.5, 0.6) is 0 Å². The molecule has 1 N–H and O–H groups in total. The molecule has 4 rings (SSSR count). The number of halogens is 5. The van der Waals surface area contributed by atoms with Gasteiger partial charge >= 0.3 is 6.18 Å². The summed E-state index contributed by atoms with van der Waals surface area (Å²) in [6, 6.07) is 10.4. The lowest BCUT2D eigenvalue weighted by atomic mass is 10.0. The van der Waals surface area contributed by atoms with Crippen molar-refractivity contribution in [1.29, 1.82) is 0 Å². The molecule has 0 aliphatic carbocycles. The van der Waals surface area contributed by atoms with Gasteiger partial charge in [0.2, 0.25) is 0 Å². The summed E-state index contributed by atoms with van der Waals surface area (Å²) in [4.78, 5) is 0. The number of hydrogen-bond acceptors (Lipinski definition) is 2. The predicted molar refractivity (Wildman–Crippen MR) is 105 cm³/mol. The van der Waals surface area contributed by atoms with Gasteiger partial charge in [-0.2, -0.15) is 18.3 Å². The average Bonchev–Trinajstić information content (AvgIpc) is 2.84. The highest BCUT2D eigenvalue weighted by atomic mass is 35.5. The van der Waals surface area contributed by atoms with Crippen molar-refractivity contribution in [3.63, 3.8) is 0 Å². The van der Waals surface area contributed by atoms with Crippen molar-refractivity contribution in [2.45, 2.75) is 25.4 Å². The molecule has 0 saturated heterocycles. The second-order valence-corrected chi connectivity index (χ2v) is 7.46. The van der Waals surface area contributed by atoms with Crippen LogP contribution in [0.2, 0.25) is 10.0 Å². The molecule has 3 nitrogen and oxygen atoms in total. The van der Waals surface area contributed by atoms with Gasteiger partial charge in [0.1, 0.15) is 5.82 Å². The smallest absolute Gasteiger partial charge is 0.370 e. The van der Waals surface area contributed by atoms with Gasteiger partial charge in [0, 0.05) is 17.7 Å². The van der Waals surface area contributed by atoms with Crippen LogP contribution in [0.15, 0.2) is 42.5 Å². The van der Waals surface area contributed by atoms with Crippen molar-refractivity contribution in [1.82, 2.24) is 9.78 Å². The van der Waals surface area contributed by atoms with Crippen molar-refractivity contribution in [3.8, 4) is 16.9 Å². The van der Waals surface area contributed by atoms with Crippen LogP contribution in [0.4, 0.5) is 19.0 Å². The lowest BCUT2D eigenvalue weighted by molar-refractivity contribution is -0.137. The van der Waals surface area contributed by atoms with E-state index in [1.54, 1.807) is 28.9 Å². The minimum Gasteiger partial charge on any atom is -0.370 e. The summed E-state index contributed by atoms with van der Waals surface area (Å²) in [5.41, 5.74) is 1.89. The third-order valence-electron chi connectivity index (χ3n) is 4.74. The lowest BCUT2D eigenvalue weighted by Crippen LogP contribution is -2.07. The monoisotopic (exact) mass is 425 g/mol. The summed E-state index contributed by atoms with van der Waals surface area (Å²) in [6.45, 7) is 0.766. The molecule has 2 aromatic carbocycles. The van der Waals surface area contributed by atoms with Crippen molar-refractivity contribution in [2.75, 3.05) is 11.9 Å². The van der Waals surface area contributed by atoms with Crippen LogP contribution in [-0.4, -0.2) is 16.3 Å². The zero-order valence-electron chi connectivity index (χ0n) is 14.7. The molecule has 0 saturated carbocycles. The second-order valence-electron chi connectivity index (χ2n) is 6.65. The SMILES string of the molecule is FC(F)(F)c1cccc(-c2nn(-c3ccc(Cl)c(Cl)c3)c3c2CCCCN3)c1. The Morgan fingerprint density at radius 2 is 1.82 bits per heavy atom. The largest absolute Gasteiger partial charge is 0.416 e. The summed E-state index contributed by atoms with van der Waals surface area (Å²) in [5, 5.41) is 8.83. The van der Waals surface area contributed by atoms with E-state index in [0.29, 0.717) is 27.0 Å². The first-order chi connectivity index (χ1) is 13.3. The normalized spacial score (nSPS) is 14.3. The van der Waals surface area contributed by atoms with Gasteiger partial charge in [-0.3, -0.25) is 0 Å². The van der Waals surface area contributed by atoms with Gasteiger partial charge in [0.05, 0.1) is 27.0 Å². The number of benzene rings is 2. The minimum atomic E-state index is -4.41. The number of hydrogen-bond donors (Lipinski definition) is 1. The van der Waals surface area contributed by atoms with Gasteiger partial charge in [0.15, 0.2) is 0 Å². The molecule has 0 fully saturated rings. The second kappa shape index (κ2) is 7.33. The summed E-state index contributed by atoms with van der Waals surface area (Å²) in [6.07, 6.45) is -1.77. The molecule has 28 heavy (non-hydrogen) atoms. The Bertz CT molecular complexity index is 1030. The fourth-order valence-corrected chi connectivity index (χ4v) is 3.67. The molecule has 146 valence electrons. The maximum Gasteiger partial charge on any atom is 0.416 e. The van der Waals surface area contributed by atoms with E-state index in [1.165, 1.54) is 6.07 Å². The number of alkyl halides is 3. The highest BCUT2D eigenvalue weighted by molar-refractivity contribution is 6.42. The Morgan fingerprint density at radius 1 is 1.00 bits per heavy atom. The Morgan fingerprint density at radius 3 is 2.57 bits per heavy atom. The zero-order chi connectivity index (χ0) is 19.9. The predicted octanol–water partition coefficient (Wildman–Crippen LogP) is 6.61. The van der Waals surface area contributed by atoms with Crippen molar-refractivity contribution < 1.29 is 13.2 Å². The molecule has 1 aliphatic rings. The fourth-order valence-electron chi connectivity index (χ4n) is 3.38. The number of rotatable bonds is 2. The first kappa shape index (κ1) is 19.2. The van der Waals surface area contributed by atoms with E-state index in [2.05, 4.69) is 10.4 Å². The standard InChI is InChI=1S/C20H16Cl2F3N3/c21-16-8-7-14(11-17(16)22)28-19-15(6-1-2-9-26-19)18(27-28)12-4-3-5-13(10-12)20(23,24)25/h3-5,7-8,10-11,26H,1-2,6,9H2. The Hall–Kier alpha value is -2.18. The van der Waals surface area contributed by atoms with E-state index in [0.717, 1.165) is 49.3 Å². The van der Waals surface area contributed by atoms with E-state index in [9.17, 15) is 13.2 Å². The van der Waals surface area contributed by atoms with Gasteiger partial charge in [-0.05, 0) is 49.6 Å². The van der Waals surface area contributed by atoms with Crippen LogP contribution < -0.4 is 5.32 Å². The number of fused-ring (bicyclic) bond motifs is 1. The zero-order valence-corrected chi connectivity index (χ0v) is 16.2. The van der Waals surface area contributed by atoms with Gasteiger partial charge in [-0.1, -0.05) is 35.3 Å². The van der Waals surface area contributed by atoms with Crippen LogP contribution in [0, 0.1) is 0 Å². The Balaban J connectivity index is 1.89. The van der Waals surface area contributed by atoms with Gasteiger partial charge in [-0.15, -0.1) is 0 Å². The first-order valence-corrected chi connectivity index (χ1v) is 9.59. The molecule has 0 radical (unpaired) electrons. The summed E-state index contributed by atoms with van der Waals surface area (Å²) in [7, 11) is 0. The molecule has 0 amide bonds. The molecule has 3 aromatic rings. The molecule has 1 aliphatic heterocycles. The van der Waals surface area contributed by atoms with E-state index in [-0.39, 0.29) is 0 Å². The number of nitrogens with zero attached hydrogens (tertiary/aromatic N) is 2. The molecule has 8 heteroatoms. The van der Waals surface area contributed by atoms with Crippen molar-refractivity contribution >= 4 is 29.0 Å². The summed E-state index contributed by atoms with van der Waals surface area (Å²) in [5.74, 6) is 0.781. The number of aromatic nitrogens is 2. The molecule has 0 bridgehead atoms. The minimum absolute atomic E-state index is 0.387. The van der Waals surface area contributed by atoms with Crippen LogP contribution in [0.3, 0.4) is 0 Å². The summed E-state index contributed by atoms with van der Waals surface area (Å²) >= 11 is 12.2. The molecule has 0 unspecified atom stereocenters. The van der Waals surface area contributed by atoms with Crippen molar-refractivity contribution in [3.05, 3.63) is 63.6 Å². The van der Waals surface area contributed by atoms with Crippen LogP contribution in [-0.2, 0) is 12.6 Å². The quantitative estimate of drug-likeness (QED) is 0.500. The highest BCUT2D eigenvalue weighted by Crippen LogP contribution is 2.37. The third kappa shape index (κ3) is 3.59. The average molecular weight is 426 g/mol. The molecule has 0 atom stereocenters. The molecular formula is C20H16Cl2F3N3. The van der Waals surface area contributed by atoms with Crippen LogP contribution in [0.25, 0.3) is 16.9 Å². The third-order valence-corrected chi connectivity index (χ3v) is 5.48. The van der Waals surface area contributed by atoms with Crippen molar-refractivity contribution in [2.24, 2.45) is 0 Å². The topological polar surface area (TPSA) is 29.9 Å². The van der Waals surface area contributed by atoms with E-state index >= 15 is 0 Å². The Kier molecular flexibility index (Phi) is 5.02. The maximum absolute atomic E-state index is 13.2. The van der Waals surface area contributed by atoms with E-state index < -0.39 is 11.7 Å². The molecule has 1 aromatic heterocycles. The van der Waals surface area contributed by atoms with Gasteiger partial charge < -0.3 is 5.32 Å². The van der Waals surface area contributed by atoms with Crippen LogP contribution >= 0.6 is 23.2 Å². The number of anilines is 1.